The predicted octanol–water partition coefficient (Wildman–Crippen LogP) is 5.05. The zero-order valence-corrected chi connectivity index (χ0v) is 31.1. The van der Waals surface area contributed by atoms with Crippen LogP contribution in [0.4, 0.5) is 36.4 Å². The molecule has 0 radical (unpaired) electrons. The van der Waals surface area contributed by atoms with Crippen LogP contribution < -0.4 is 36.1 Å². The molecule has 6 N–H and O–H groups in total. The molecule has 3 aromatic carbocycles. The first kappa shape index (κ1) is 41.9. The molecule has 20 heteroatoms. The zero-order chi connectivity index (χ0) is 41.0. The molecule has 1 heterocycles. The Morgan fingerprint density at radius 3 is 2.16 bits per heavy atom. The highest BCUT2D eigenvalue weighted by atomic mass is 35.5. The lowest BCUT2D eigenvalue weighted by Crippen LogP contribution is -2.44. The van der Waals surface area contributed by atoms with Crippen LogP contribution in [-0.4, -0.2) is 88.9 Å². The van der Waals surface area contributed by atoms with Crippen molar-refractivity contribution in [1.82, 2.24) is 25.6 Å². The minimum Gasteiger partial charge on any atom is -0.491 e. The number of hydrogen-bond acceptors (Lipinski definition) is 12. The number of carboxylic acids is 1. The molecule has 302 valence electrons. The maximum atomic E-state index is 12.9. The number of hydrogen-bond donors (Lipinski definition) is 6. The number of nitrogens with one attached hydrogen (secondary N) is 5. The third-order valence-electron chi connectivity index (χ3n) is 8.22. The molecular weight excluding hydrogens is 777 g/mol. The second kappa shape index (κ2) is 19.1. The molecular formula is C37H38ClF3N8O8. The number of halogens is 4. The maximum absolute atomic E-state index is 12.9. The van der Waals surface area contributed by atoms with Crippen LogP contribution in [0, 0.1) is 0 Å². The Hall–Kier alpha value is -6.21. The van der Waals surface area contributed by atoms with Gasteiger partial charge in [0.05, 0.1) is 12.1 Å². The van der Waals surface area contributed by atoms with Gasteiger partial charge in [-0.3, -0.25) is 14.4 Å². The van der Waals surface area contributed by atoms with Crippen molar-refractivity contribution < 1.29 is 51.7 Å². The van der Waals surface area contributed by atoms with E-state index in [9.17, 15) is 37.5 Å². The number of rotatable bonds is 19. The van der Waals surface area contributed by atoms with Crippen molar-refractivity contribution in [2.24, 2.45) is 0 Å². The van der Waals surface area contributed by atoms with Crippen LogP contribution >= 0.6 is 11.6 Å². The fraction of sp³-hybridized carbons (Fsp3) is 0.324. The first-order valence-corrected chi connectivity index (χ1v) is 17.9. The van der Waals surface area contributed by atoms with Gasteiger partial charge in [0.1, 0.15) is 18.4 Å². The van der Waals surface area contributed by atoms with Crippen LogP contribution in [0.5, 0.6) is 11.8 Å². The van der Waals surface area contributed by atoms with Gasteiger partial charge >= 0.3 is 30.0 Å². The smallest absolute Gasteiger partial charge is 0.422 e. The summed E-state index contributed by atoms with van der Waals surface area (Å²) < 4.78 is 54.4. The van der Waals surface area contributed by atoms with Gasteiger partial charge in [-0.25, -0.2) is 4.79 Å². The van der Waals surface area contributed by atoms with Crippen molar-refractivity contribution in [3.05, 3.63) is 88.9 Å². The standard InChI is InChI=1S/C37H38ClF3N8O8/c1-2-55-19-20-56-27-13-11-25(12-14-27)43-31(52)30(51)42-18-15-28(32(53)54)45-29(50)22-3-9-26(10-4-22)44-33-46-34(48-35(47-33)57-21-37(39,40)41)49-36(16-17-36)23-5-7-24(38)8-6-23/h3-14,28H,2,15-21H2,1H3,(H,42,51)(H,43,52)(H,45,50)(H,53,54)(H2,44,46,47,48,49). The van der Waals surface area contributed by atoms with Gasteiger partial charge in [-0.1, -0.05) is 23.7 Å². The number of carboxylic acid groups (broad SMARTS) is 1. The fourth-order valence-corrected chi connectivity index (χ4v) is 5.33. The first-order valence-electron chi connectivity index (χ1n) is 17.5. The van der Waals surface area contributed by atoms with Crippen LogP contribution in [0.2, 0.25) is 5.02 Å². The Morgan fingerprint density at radius 1 is 0.860 bits per heavy atom. The van der Waals surface area contributed by atoms with Crippen LogP contribution in [0.15, 0.2) is 72.8 Å². The average Bonchev–Trinajstić information content (AvgIpc) is 3.96. The number of carbonyl (C=O) groups excluding carboxylic acids is 3. The second-order valence-electron chi connectivity index (χ2n) is 12.5. The van der Waals surface area contributed by atoms with Crippen LogP contribution in [-0.2, 0) is 24.7 Å². The SMILES string of the molecule is CCOCCOc1ccc(NC(=O)C(=O)NCCC(NC(=O)c2ccc(Nc3nc(NC4(c5ccc(Cl)cc5)CC4)nc(OCC(F)(F)F)n3)cc2)C(=O)O)cc1. The molecule has 0 aliphatic heterocycles. The van der Waals surface area contributed by atoms with E-state index in [1.54, 1.807) is 36.4 Å². The number of anilines is 4. The lowest BCUT2D eigenvalue weighted by Gasteiger charge is -2.19. The normalized spacial score (nSPS) is 13.4. The van der Waals surface area contributed by atoms with E-state index in [0.717, 1.165) is 5.56 Å². The molecule has 1 aliphatic rings. The summed E-state index contributed by atoms with van der Waals surface area (Å²) in [5.41, 5.74) is 1.02. The van der Waals surface area contributed by atoms with Crippen molar-refractivity contribution in [3.8, 4) is 11.8 Å². The largest absolute Gasteiger partial charge is 0.491 e. The summed E-state index contributed by atoms with van der Waals surface area (Å²) in [6.07, 6.45) is -3.50. The Kier molecular flexibility index (Phi) is 14.0. The number of benzene rings is 3. The van der Waals surface area contributed by atoms with E-state index >= 15 is 0 Å². The summed E-state index contributed by atoms with van der Waals surface area (Å²) in [4.78, 5) is 61.8. The van der Waals surface area contributed by atoms with Crippen LogP contribution in [0.3, 0.4) is 0 Å². The van der Waals surface area contributed by atoms with E-state index in [2.05, 4.69) is 41.5 Å². The Morgan fingerprint density at radius 2 is 1.53 bits per heavy atom. The molecule has 16 nitrogen and oxygen atoms in total. The summed E-state index contributed by atoms with van der Waals surface area (Å²) >= 11 is 6.02. The third-order valence-corrected chi connectivity index (χ3v) is 8.47. The van der Waals surface area contributed by atoms with E-state index in [0.29, 0.717) is 54.8 Å². The molecule has 1 aromatic heterocycles. The number of aromatic nitrogens is 3. The van der Waals surface area contributed by atoms with Crippen molar-refractivity contribution in [1.29, 1.82) is 0 Å². The highest BCUT2D eigenvalue weighted by Gasteiger charge is 2.45. The molecule has 5 rings (SSSR count). The highest BCUT2D eigenvalue weighted by molar-refractivity contribution is 6.39. The van der Waals surface area contributed by atoms with E-state index in [-0.39, 0.29) is 30.4 Å². The second-order valence-corrected chi connectivity index (χ2v) is 13.0. The van der Waals surface area contributed by atoms with Gasteiger partial charge in [-0.15, -0.1) is 0 Å². The highest BCUT2D eigenvalue weighted by Crippen LogP contribution is 2.48. The fourth-order valence-electron chi connectivity index (χ4n) is 5.20. The minimum absolute atomic E-state index is 0.0465. The molecule has 1 aliphatic carbocycles. The molecule has 0 spiro atoms. The van der Waals surface area contributed by atoms with Crippen molar-refractivity contribution in [2.75, 3.05) is 48.9 Å². The summed E-state index contributed by atoms with van der Waals surface area (Å²) in [5, 5.41) is 23.4. The average molecular weight is 815 g/mol. The number of amides is 3. The minimum atomic E-state index is -4.65. The summed E-state index contributed by atoms with van der Waals surface area (Å²) in [5.74, 6) is -3.79. The Labute approximate surface area is 328 Å². The molecule has 1 unspecified atom stereocenters. The van der Waals surface area contributed by atoms with Gasteiger partial charge in [0, 0.05) is 35.1 Å². The van der Waals surface area contributed by atoms with Gasteiger partial charge < -0.3 is 45.9 Å². The topological polar surface area (TPSA) is 215 Å². The number of aliphatic carboxylic acids is 1. The lowest BCUT2D eigenvalue weighted by molar-refractivity contribution is -0.154. The molecule has 1 saturated carbocycles. The molecule has 1 atom stereocenters. The molecule has 57 heavy (non-hydrogen) atoms. The van der Waals surface area contributed by atoms with Crippen LogP contribution in [0.1, 0.15) is 42.1 Å². The molecule has 3 amide bonds. The van der Waals surface area contributed by atoms with Crippen molar-refractivity contribution in [3.63, 3.8) is 0 Å². The zero-order valence-electron chi connectivity index (χ0n) is 30.3. The third kappa shape index (κ3) is 12.9. The summed E-state index contributed by atoms with van der Waals surface area (Å²) in [7, 11) is 0. The number of ether oxygens (including phenoxy) is 3. The number of nitrogens with zero attached hydrogens (tertiary/aromatic N) is 3. The molecule has 4 aromatic rings. The van der Waals surface area contributed by atoms with E-state index in [1.165, 1.54) is 24.3 Å². The first-order chi connectivity index (χ1) is 27.2. The van der Waals surface area contributed by atoms with Gasteiger partial charge in [-0.2, -0.15) is 28.1 Å². The van der Waals surface area contributed by atoms with E-state index < -0.39 is 54.1 Å². The monoisotopic (exact) mass is 814 g/mol. The predicted molar refractivity (Wildman–Crippen MR) is 201 cm³/mol. The molecule has 0 bridgehead atoms. The summed E-state index contributed by atoms with van der Waals surface area (Å²) in [6, 6.07) is 17.0. The van der Waals surface area contributed by atoms with Crippen molar-refractivity contribution >= 4 is 58.6 Å². The maximum Gasteiger partial charge on any atom is 0.422 e. The van der Waals surface area contributed by atoms with Gasteiger partial charge in [0.2, 0.25) is 11.9 Å². The molecule has 1 fully saturated rings. The van der Waals surface area contributed by atoms with Crippen LogP contribution in [0.25, 0.3) is 0 Å². The molecule has 0 saturated heterocycles. The van der Waals surface area contributed by atoms with Gasteiger partial charge in [-0.05, 0) is 92.4 Å². The summed E-state index contributed by atoms with van der Waals surface area (Å²) in [6.45, 7) is 1.31. The Bertz CT molecular complexity index is 2020. The van der Waals surface area contributed by atoms with Gasteiger partial charge in [0.25, 0.3) is 5.91 Å². The number of alkyl halides is 3. The quantitative estimate of drug-likeness (QED) is 0.0541. The number of carbonyl (C=O) groups is 4. The van der Waals surface area contributed by atoms with E-state index in [1.807, 2.05) is 19.1 Å². The lowest BCUT2D eigenvalue weighted by atomic mass is 10.1. The van der Waals surface area contributed by atoms with E-state index in [4.69, 9.17) is 25.8 Å². The Balaban J connectivity index is 1.14. The van der Waals surface area contributed by atoms with Gasteiger partial charge in [0.15, 0.2) is 6.61 Å². The van der Waals surface area contributed by atoms with Crippen molar-refractivity contribution in [2.45, 2.75) is 43.9 Å².